The molecule has 0 spiro atoms. The molecule has 7 nitrogen and oxygen atoms in total. The number of hydrogen-bond donors (Lipinski definition) is 4. The van der Waals surface area contributed by atoms with Crippen molar-refractivity contribution in [1.29, 1.82) is 0 Å². The number of carbonyl (C=O) groups excluding carboxylic acids is 2. The van der Waals surface area contributed by atoms with Crippen molar-refractivity contribution in [2.24, 2.45) is 5.73 Å². The molecule has 7 heteroatoms. The molecule has 1 atom stereocenters. The Labute approximate surface area is 109 Å². The lowest BCUT2D eigenvalue weighted by Gasteiger charge is -2.12. The van der Waals surface area contributed by atoms with Gasteiger partial charge in [0.2, 0.25) is 11.8 Å². The first kappa shape index (κ1) is 14.5. The second-order valence-corrected chi connectivity index (χ2v) is 4.05. The molecule has 0 radical (unpaired) electrons. The zero-order chi connectivity index (χ0) is 14.4. The van der Waals surface area contributed by atoms with Crippen LogP contribution >= 0.6 is 0 Å². The molecule has 2 amide bonds. The summed E-state index contributed by atoms with van der Waals surface area (Å²) in [6.07, 6.45) is -0.439. The first-order valence-corrected chi connectivity index (χ1v) is 5.53. The lowest BCUT2D eigenvalue weighted by molar-refractivity contribution is -0.143. The SMILES string of the molecule is NC(=O)C[C@H](NC(=O)Cc1ccc(N)cc1)C(=O)O. The van der Waals surface area contributed by atoms with Crippen LogP contribution in [0.5, 0.6) is 0 Å². The average Bonchev–Trinajstić information content (AvgIpc) is 2.30. The maximum Gasteiger partial charge on any atom is 0.326 e. The van der Waals surface area contributed by atoms with Gasteiger partial charge in [0.15, 0.2) is 0 Å². The second kappa shape index (κ2) is 6.39. The van der Waals surface area contributed by atoms with E-state index in [4.69, 9.17) is 16.6 Å². The van der Waals surface area contributed by atoms with Crippen LogP contribution in [0.2, 0.25) is 0 Å². The number of carboxylic acid groups (broad SMARTS) is 1. The number of hydrogen-bond acceptors (Lipinski definition) is 4. The number of nitrogens with two attached hydrogens (primary N) is 2. The smallest absolute Gasteiger partial charge is 0.326 e. The zero-order valence-corrected chi connectivity index (χ0v) is 10.1. The summed E-state index contributed by atoms with van der Waals surface area (Å²) in [6.45, 7) is 0. The lowest BCUT2D eigenvalue weighted by atomic mass is 10.1. The van der Waals surface area contributed by atoms with Crippen LogP contribution in [0.4, 0.5) is 5.69 Å². The van der Waals surface area contributed by atoms with Crippen LogP contribution in [0.3, 0.4) is 0 Å². The summed E-state index contributed by atoms with van der Waals surface area (Å²) in [5, 5.41) is 11.1. The number of rotatable bonds is 6. The molecule has 0 fully saturated rings. The Hall–Kier alpha value is -2.57. The highest BCUT2D eigenvalue weighted by molar-refractivity contribution is 5.88. The maximum absolute atomic E-state index is 11.6. The Morgan fingerprint density at radius 1 is 1.21 bits per heavy atom. The molecule has 1 aromatic carbocycles. The molecule has 0 aliphatic heterocycles. The Kier molecular flexibility index (Phi) is 4.87. The van der Waals surface area contributed by atoms with Gasteiger partial charge in [-0.25, -0.2) is 4.79 Å². The minimum absolute atomic E-state index is 0.00280. The molecular formula is C12H15N3O4. The molecule has 0 aliphatic carbocycles. The van der Waals surface area contributed by atoms with Gasteiger partial charge in [-0.05, 0) is 17.7 Å². The number of carbonyl (C=O) groups is 3. The number of benzene rings is 1. The van der Waals surface area contributed by atoms with Crippen LogP contribution < -0.4 is 16.8 Å². The molecule has 0 saturated carbocycles. The third kappa shape index (κ3) is 5.07. The summed E-state index contributed by atoms with van der Waals surface area (Å²) in [5.41, 5.74) is 11.7. The minimum atomic E-state index is -1.31. The summed E-state index contributed by atoms with van der Waals surface area (Å²) in [7, 11) is 0. The van der Waals surface area contributed by atoms with E-state index in [9.17, 15) is 14.4 Å². The lowest BCUT2D eigenvalue weighted by Crippen LogP contribution is -2.43. The first-order valence-electron chi connectivity index (χ1n) is 5.53. The highest BCUT2D eigenvalue weighted by Gasteiger charge is 2.21. The van der Waals surface area contributed by atoms with Gasteiger partial charge in [0.25, 0.3) is 0 Å². The van der Waals surface area contributed by atoms with Crippen molar-refractivity contribution < 1.29 is 19.5 Å². The fourth-order valence-electron chi connectivity index (χ4n) is 1.47. The van der Waals surface area contributed by atoms with Crippen LogP contribution in [0.1, 0.15) is 12.0 Å². The molecule has 0 aromatic heterocycles. The summed E-state index contributed by atoms with van der Waals surface area (Å²) in [4.78, 5) is 33.1. The van der Waals surface area contributed by atoms with Crippen LogP contribution in [-0.2, 0) is 20.8 Å². The number of carboxylic acids is 1. The van der Waals surface area contributed by atoms with E-state index in [1.807, 2.05) is 0 Å². The Bertz CT molecular complexity index is 484. The van der Waals surface area contributed by atoms with E-state index in [1.54, 1.807) is 24.3 Å². The maximum atomic E-state index is 11.6. The van der Waals surface area contributed by atoms with Crippen LogP contribution in [0.15, 0.2) is 24.3 Å². The van der Waals surface area contributed by atoms with E-state index >= 15 is 0 Å². The fourth-order valence-corrected chi connectivity index (χ4v) is 1.47. The first-order chi connectivity index (χ1) is 8.88. The zero-order valence-electron chi connectivity index (χ0n) is 10.1. The van der Waals surface area contributed by atoms with Gasteiger partial charge in [0, 0.05) is 5.69 Å². The third-order valence-corrected chi connectivity index (χ3v) is 2.38. The molecule has 102 valence electrons. The van der Waals surface area contributed by atoms with Crippen LogP contribution in [0, 0.1) is 0 Å². The quantitative estimate of drug-likeness (QED) is 0.502. The number of primary amides is 1. The van der Waals surface area contributed by atoms with Gasteiger partial charge in [-0.1, -0.05) is 12.1 Å². The second-order valence-electron chi connectivity index (χ2n) is 4.05. The molecule has 0 unspecified atom stereocenters. The summed E-state index contributed by atoms with van der Waals surface area (Å²) in [5.74, 6) is -2.59. The Balaban J connectivity index is 2.59. The number of nitrogens with one attached hydrogen (secondary N) is 1. The van der Waals surface area contributed by atoms with Gasteiger partial charge in [0.05, 0.1) is 12.8 Å². The molecule has 0 aliphatic rings. The monoisotopic (exact) mass is 265 g/mol. The van der Waals surface area contributed by atoms with E-state index < -0.39 is 30.2 Å². The van der Waals surface area contributed by atoms with Gasteiger partial charge in [-0.3, -0.25) is 9.59 Å². The predicted octanol–water partition coefficient (Wildman–Crippen LogP) is -0.744. The Morgan fingerprint density at radius 3 is 2.26 bits per heavy atom. The molecule has 6 N–H and O–H groups in total. The van der Waals surface area contributed by atoms with Gasteiger partial charge >= 0.3 is 5.97 Å². The molecule has 0 bridgehead atoms. The van der Waals surface area contributed by atoms with E-state index in [0.29, 0.717) is 11.3 Å². The van der Waals surface area contributed by atoms with Crippen molar-refractivity contribution in [3.63, 3.8) is 0 Å². The van der Waals surface area contributed by atoms with Crippen molar-refractivity contribution in [1.82, 2.24) is 5.32 Å². The van der Waals surface area contributed by atoms with Crippen molar-refractivity contribution in [3.05, 3.63) is 29.8 Å². The van der Waals surface area contributed by atoms with E-state index in [2.05, 4.69) is 5.32 Å². The standard InChI is InChI=1S/C12H15N3O4/c13-8-3-1-7(2-4-8)5-11(17)15-9(12(18)19)6-10(14)16/h1-4,9H,5-6,13H2,(H2,14,16)(H,15,17)(H,18,19)/t9-/m0/s1. The topological polar surface area (TPSA) is 136 Å². The highest BCUT2D eigenvalue weighted by atomic mass is 16.4. The largest absolute Gasteiger partial charge is 0.480 e. The molecule has 0 saturated heterocycles. The van der Waals surface area contributed by atoms with E-state index in [-0.39, 0.29) is 6.42 Å². The number of aliphatic carboxylic acids is 1. The molecule has 0 heterocycles. The summed E-state index contributed by atoms with van der Waals surface area (Å²) in [6, 6.07) is 5.30. The van der Waals surface area contributed by atoms with E-state index in [0.717, 1.165) is 0 Å². The van der Waals surface area contributed by atoms with Gasteiger partial charge < -0.3 is 21.9 Å². The predicted molar refractivity (Wildman–Crippen MR) is 67.9 cm³/mol. The number of nitrogen functional groups attached to an aromatic ring is 1. The van der Waals surface area contributed by atoms with Crippen molar-refractivity contribution in [2.45, 2.75) is 18.9 Å². The Morgan fingerprint density at radius 2 is 1.79 bits per heavy atom. The van der Waals surface area contributed by atoms with Gasteiger partial charge in [-0.15, -0.1) is 0 Å². The third-order valence-electron chi connectivity index (χ3n) is 2.38. The molecular weight excluding hydrogens is 250 g/mol. The normalized spacial score (nSPS) is 11.6. The summed E-state index contributed by atoms with van der Waals surface area (Å²) < 4.78 is 0. The van der Waals surface area contributed by atoms with E-state index in [1.165, 1.54) is 0 Å². The average molecular weight is 265 g/mol. The van der Waals surface area contributed by atoms with Gasteiger partial charge in [-0.2, -0.15) is 0 Å². The minimum Gasteiger partial charge on any atom is -0.480 e. The highest BCUT2D eigenvalue weighted by Crippen LogP contribution is 2.06. The van der Waals surface area contributed by atoms with Crippen LogP contribution in [0.25, 0.3) is 0 Å². The molecule has 1 aromatic rings. The molecule has 19 heavy (non-hydrogen) atoms. The number of amides is 2. The molecule has 1 rings (SSSR count). The fraction of sp³-hybridized carbons (Fsp3) is 0.250. The number of anilines is 1. The summed E-state index contributed by atoms with van der Waals surface area (Å²) >= 11 is 0. The van der Waals surface area contributed by atoms with Crippen molar-refractivity contribution in [2.75, 3.05) is 5.73 Å². The van der Waals surface area contributed by atoms with Gasteiger partial charge in [0.1, 0.15) is 6.04 Å². The van der Waals surface area contributed by atoms with Crippen molar-refractivity contribution >= 4 is 23.5 Å². The van der Waals surface area contributed by atoms with Crippen molar-refractivity contribution in [3.8, 4) is 0 Å². The van der Waals surface area contributed by atoms with Crippen LogP contribution in [-0.4, -0.2) is 28.9 Å².